The minimum atomic E-state index is -0.400. The number of aromatic nitrogens is 1. The Bertz CT molecular complexity index is 351. The van der Waals surface area contributed by atoms with Crippen LogP contribution in [0.4, 0.5) is 5.82 Å². The van der Waals surface area contributed by atoms with Crippen molar-refractivity contribution < 1.29 is 9.53 Å². The largest absolute Gasteiger partial charge is 0.465 e. The molecule has 0 aliphatic heterocycles. The zero-order chi connectivity index (χ0) is 12.0. The molecule has 5 nitrogen and oxygen atoms in total. The Balaban J connectivity index is 2.90. The highest BCUT2D eigenvalue weighted by Gasteiger charge is 2.14. The Morgan fingerprint density at radius 2 is 2.44 bits per heavy atom. The summed E-state index contributed by atoms with van der Waals surface area (Å²) < 4.78 is 4.68. The standard InChI is InChI=1S/C11H17N3O2/c1-3-8(7-12)14-10-9(11(15)16-2)5-4-6-13-10/h4-6,8H,3,7,12H2,1-2H3,(H,13,14). The van der Waals surface area contributed by atoms with Crippen LogP contribution in [0.3, 0.4) is 0 Å². The topological polar surface area (TPSA) is 77.2 Å². The number of nitrogens with two attached hydrogens (primary N) is 1. The van der Waals surface area contributed by atoms with E-state index >= 15 is 0 Å². The number of nitrogens with one attached hydrogen (secondary N) is 1. The quantitative estimate of drug-likeness (QED) is 0.729. The van der Waals surface area contributed by atoms with Crippen LogP contribution in [0.2, 0.25) is 0 Å². The van der Waals surface area contributed by atoms with Gasteiger partial charge in [-0.2, -0.15) is 0 Å². The third kappa shape index (κ3) is 2.93. The number of hydrogen-bond donors (Lipinski definition) is 2. The van der Waals surface area contributed by atoms with Gasteiger partial charge in [-0.3, -0.25) is 0 Å². The number of carbonyl (C=O) groups excluding carboxylic acids is 1. The molecule has 5 heteroatoms. The van der Waals surface area contributed by atoms with E-state index in [9.17, 15) is 4.79 Å². The lowest BCUT2D eigenvalue weighted by molar-refractivity contribution is 0.0601. The molecule has 0 aromatic carbocycles. The molecule has 3 N–H and O–H groups in total. The fraction of sp³-hybridized carbons (Fsp3) is 0.455. The molecule has 0 aliphatic carbocycles. The molecule has 0 saturated carbocycles. The number of nitrogens with zero attached hydrogens (tertiary/aromatic N) is 1. The van der Waals surface area contributed by atoms with Gasteiger partial charge in [-0.15, -0.1) is 0 Å². The summed E-state index contributed by atoms with van der Waals surface area (Å²) in [5, 5.41) is 3.13. The normalized spacial score (nSPS) is 11.9. The van der Waals surface area contributed by atoms with E-state index in [1.807, 2.05) is 6.92 Å². The van der Waals surface area contributed by atoms with Gasteiger partial charge in [0.15, 0.2) is 0 Å². The van der Waals surface area contributed by atoms with Crippen LogP contribution in [0.25, 0.3) is 0 Å². The monoisotopic (exact) mass is 223 g/mol. The highest BCUT2D eigenvalue weighted by molar-refractivity contribution is 5.94. The van der Waals surface area contributed by atoms with Crippen LogP contribution in [-0.4, -0.2) is 30.6 Å². The predicted molar refractivity (Wildman–Crippen MR) is 62.3 cm³/mol. The molecule has 88 valence electrons. The summed E-state index contributed by atoms with van der Waals surface area (Å²) >= 11 is 0. The molecule has 0 radical (unpaired) electrons. The van der Waals surface area contributed by atoms with Crippen LogP contribution in [0.15, 0.2) is 18.3 Å². The van der Waals surface area contributed by atoms with Crippen LogP contribution >= 0.6 is 0 Å². The van der Waals surface area contributed by atoms with E-state index in [0.717, 1.165) is 6.42 Å². The number of hydrogen-bond acceptors (Lipinski definition) is 5. The van der Waals surface area contributed by atoms with Gasteiger partial charge in [-0.25, -0.2) is 9.78 Å². The van der Waals surface area contributed by atoms with E-state index in [-0.39, 0.29) is 6.04 Å². The molecule has 1 atom stereocenters. The average molecular weight is 223 g/mol. The van der Waals surface area contributed by atoms with E-state index in [2.05, 4.69) is 15.0 Å². The second kappa shape index (κ2) is 6.07. The van der Waals surface area contributed by atoms with Crippen molar-refractivity contribution in [1.29, 1.82) is 0 Å². The van der Waals surface area contributed by atoms with Crippen LogP contribution in [0, 0.1) is 0 Å². The smallest absolute Gasteiger partial charge is 0.341 e. The van der Waals surface area contributed by atoms with Gasteiger partial charge in [0.2, 0.25) is 0 Å². The van der Waals surface area contributed by atoms with Gasteiger partial charge in [0, 0.05) is 18.8 Å². The summed E-state index contributed by atoms with van der Waals surface area (Å²) in [6.07, 6.45) is 2.49. The molecule has 0 fully saturated rings. The summed E-state index contributed by atoms with van der Waals surface area (Å²) in [6.45, 7) is 2.51. The number of carbonyl (C=O) groups is 1. The van der Waals surface area contributed by atoms with E-state index in [4.69, 9.17) is 5.73 Å². The first-order valence-corrected chi connectivity index (χ1v) is 5.22. The Morgan fingerprint density at radius 3 is 3.00 bits per heavy atom. The molecule has 0 bridgehead atoms. The van der Waals surface area contributed by atoms with Crippen molar-refractivity contribution in [2.75, 3.05) is 19.0 Å². The number of anilines is 1. The first kappa shape index (κ1) is 12.4. The summed E-state index contributed by atoms with van der Waals surface area (Å²) in [5.41, 5.74) is 6.01. The van der Waals surface area contributed by atoms with Gasteiger partial charge < -0.3 is 15.8 Å². The number of ether oxygens (including phenoxy) is 1. The van der Waals surface area contributed by atoms with Crippen LogP contribution in [-0.2, 0) is 4.74 Å². The van der Waals surface area contributed by atoms with E-state index in [0.29, 0.717) is 17.9 Å². The zero-order valence-corrected chi connectivity index (χ0v) is 9.56. The molecule has 0 aliphatic rings. The van der Waals surface area contributed by atoms with E-state index in [1.54, 1.807) is 18.3 Å². The predicted octanol–water partition coefficient (Wildman–Crippen LogP) is 1.02. The molecule has 1 unspecified atom stereocenters. The molecule has 0 spiro atoms. The number of methoxy groups -OCH3 is 1. The van der Waals surface area contributed by atoms with Crippen molar-refractivity contribution >= 4 is 11.8 Å². The fourth-order valence-electron chi connectivity index (χ4n) is 1.32. The molecule has 1 rings (SSSR count). The lowest BCUT2D eigenvalue weighted by Crippen LogP contribution is -2.29. The third-order valence-corrected chi connectivity index (χ3v) is 2.33. The second-order valence-electron chi connectivity index (χ2n) is 3.38. The number of rotatable bonds is 5. The van der Waals surface area contributed by atoms with Crippen LogP contribution < -0.4 is 11.1 Å². The summed E-state index contributed by atoms with van der Waals surface area (Å²) in [5.74, 6) is 0.120. The first-order chi connectivity index (χ1) is 7.72. The van der Waals surface area contributed by atoms with Crippen molar-refractivity contribution in [2.24, 2.45) is 5.73 Å². The first-order valence-electron chi connectivity index (χ1n) is 5.22. The minimum Gasteiger partial charge on any atom is -0.465 e. The molecule has 1 aromatic heterocycles. The van der Waals surface area contributed by atoms with Crippen molar-refractivity contribution in [1.82, 2.24) is 4.98 Å². The fourth-order valence-corrected chi connectivity index (χ4v) is 1.32. The van der Waals surface area contributed by atoms with Gasteiger partial charge in [0.1, 0.15) is 11.4 Å². The molecular formula is C11H17N3O2. The van der Waals surface area contributed by atoms with E-state index in [1.165, 1.54) is 7.11 Å². The molecule has 0 saturated heterocycles. The van der Waals surface area contributed by atoms with E-state index < -0.39 is 5.97 Å². The van der Waals surface area contributed by atoms with Crippen molar-refractivity contribution in [2.45, 2.75) is 19.4 Å². The van der Waals surface area contributed by atoms with Crippen LogP contribution in [0.5, 0.6) is 0 Å². The number of esters is 1. The maximum absolute atomic E-state index is 11.5. The summed E-state index contributed by atoms with van der Waals surface area (Å²) in [6, 6.07) is 3.48. The summed E-state index contributed by atoms with van der Waals surface area (Å²) in [7, 11) is 1.35. The molecule has 0 amide bonds. The lowest BCUT2D eigenvalue weighted by Gasteiger charge is -2.16. The third-order valence-electron chi connectivity index (χ3n) is 2.33. The van der Waals surface area contributed by atoms with Gasteiger partial charge >= 0.3 is 5.97 Å². The van der Waals surface area contributed by atoms with Crippen molar-refractivity contribution in [3.63, 3.8) is 0 Å². The second-order valence-corrected chi connectivity index (χ2v) is 3.38. The molecular weight excluding hydrogens is 206 g/mol. The minimum absolute atomic E-state index is 0.110. The zero-order valence-electron chi connectivity index (χ0n) is 9.56. The van der Waals surface area contributed by atoms with Crippen LogP contribution in [0.1, 0.15) is 23.7 Å². The molecule has 16 heavy (non-hydrogen) atoms. The summed E-state index contributed by atoms with van der Waals surface area (Å²) in [4.78, 5) is 15.6. The Kier molecular flexibility index (Phi) is 4.72. The van der Waals surface area contributed by atoms with Gasteiger partial charge in [0.05, 0.1) is 7.11 Å². The van der Waals surface area contributed by atoms with Gasteiger partial charge in [-0.1, -0.05) is 6.92 Å². The molecule has 1 aromatic rings. The highest BCUT2D eigenvalue weighted by Crippen LogP contribution is 2.14. The maximum Gasteiger partial charge on any atom is 0.341 e. The SMILES string of the molecule is CCC(CN)Nc1ncccc1C(=O)OC. The highest BCUT2D eigenvalue weighted by atomic mass is 16.5. The van der Waals surface area contributed by atoms with Crippen molar-refractivity contribution in [3.05, 3.63) is 23.9 Å². The van der Waals surface area contributed by atoms with Gasteiger partial charge in [-0.05, 0) is 18.6 Å². The Morgan fingerprint density at radius 1 is 1.69 bits per heavy atom. The Labute approximate surface area is 95.0 Å². The molecule has 1 heterocycles. The number of pyridine rings is 1. The average Bonchev–Trinajstić information content (AvgIpc) is 2.35. The van der Waals surface area contributed by atoms with Crippen molar-refractivity contribution in [3.8, 4) is 0 Å². The maximum atomic E-state index is 11.5. The lowest BCUT2D eigenvalue weighted by atomic mass is 10.2. The Hall–Kier alpha value is -1.62. The van der Waals surface area contributed by atoms with Gasteiger partial charge in [0.25, 0.3) is 0 Å².